The quantitative estimate of drug-likeness (QED) is 0.728. The highest BCUT2D eigenvalue weighted by molar-refractivity contribution is 6.00. The highest BCUT2D eigenvalue weighted by Crippen LogP contribution is 2.21. The van der Waals surface area contributed by atoms with E-state index >= 15 is 0 Å². The summed E-state index contributed by atoms with van der Waals surface area (Å²) in [6.45, 7) is 5.78. The van der Waals surface area contributed by atoms with Crippen LogP contribution in [0.4, 0.5) is 0 Å². The fraction of sp³-hybridized carbons (Fsp3) is 0.417. The predicted octanol–water partition coefficient (Wildman–Crippen LogP) is 1.95. The van der Waals surface area contributed by atoms with Crippen molar-refractivity contribution in [1.29, 1.82) is 0 Å². The molecule has 1 atom stereocenters. The number of phenolic OH excluding ortho intramolecular Hbond substituents is 1. The van der Waals surface area contributed by atoms with Crippen molar-refractivity contribution in [2.45, 2.75) is 26.8 Å². The number of rotatable bonds is 2. The summed E-state index contributed by atoms with van der Waals surface area (Å²) in [5.74, 6) is 0.0541. The summed E-state index contributed by atoms with van der Waals surface area (Å²) in [7, 11) is 0. The van der Waals surface area contributed by atoms with E-state index in [-0.39, 0.29) is 16.9 Å². The van der Waals surface area contributed by atoms with Gasteiger partial charge in [0.1, 0.15) is 5.75 Å². The Bertz CT molecular complexity index is 349. The summed E-state index contributed by atoms with van der Waals surface area (Å²) in [4.78, 5) is 11.9. The second-order valence-corrected chi connectivity index (χ2v) is 4.75. The van der Waals surface area contributed by atoms with Gasteiger partial charge in [0.05, 0.1) is 6.04 Å². The second kappa shape index (κ2) is 4.03. The van der Waals surface area contributed by atoms with E-state index in [1.165, 1.54) is 12.1 Å². The number of carbonyl (C=O) groups excluding carboxylic acids is 1. The molecule has 3 nitrogen and oxygen atoms in total. The van der Waals surface area contributed by atoms with Crippen LogP contribution in [0.25, 0.3) is 0 Å². The van der Waals surface area contributed by atoms with Crippen molar-refractivity contribution in [2.24, 2.45) is 11.1 Å². The Kier molecular flexibility index (Phi) is 3.15. The Morgan fingerprint density at radius 3 is 2.13 bits per heavy atom. The fourth-order valence-corrected chi connectivity index (χ4v) is 1.20. The molecule has 1 aromatic rings. The number of aromatic hydroxyl groups is 1. The van der Waals surface area contributed by atoms with Crippen LogP contribution in [0.3, 0.4) is 0 Å². The van der Waals surface area contributed by atoms with E-state index < -0.39 is 6.04 Å². The van der Waals surface area contributed by atoms with Crippen LogP contribution in [0, 0.1) is 5.41 Å². The summed E-state index contributed by atoms with van der Waals surface area (Å²) in [5, 5.41) is 9.09. The summed E-state index contributed by atoms with van der Waals surface area (Å²) in [6.07, 6.45) is 0. The molecule has 0 heterocycles. The van der Waals surface area contributed by atoms with Crippen LogP contribution < -0.4 is 5.73 Å². The monoisotopic (exact) mass is 207 g/mol. The molecule has 1 aromatic carbocycles. The number of hydrogen-bond acceptors (Lipinski definition) is 3. The van der Waals surface area contributed by atoms with Gasteiger partial charge >= 0.3 is 0 Å². The van der Waals surface area contributed by atoms with E-state index in [1.54, 1.807) is 12.1 Å². The molecule has 0 bridgehead atoms. The maximum Gasteiger partial charge on any atom is 0.180 e. The van der Waals surface area contributed by atoms with Gasteiger partial charge in [0.15, 0.2) is 5.78 Å². The lowest BCUT2D eigenvalue weighted by Gasteiger charge is -2.25. The van der Waals surface area contributed by atoms with Crippen LogP contribution >= 0.6 is 0 Å². The van der Waals surface area contributed by atoms with Crippen molar-refractivity contribution >= 4 is 5.78 Å². The van der Waals surface area contributed by atoms with E-state index in [9.17, 15) is 4.79 Å². The lowest BCUT2D eigenvalue weighted by Crippen LogP contribution is -2.42. The molecule has 0 aliphatic heterocycles. The number of phenols is 1. The average molecular weight is 207 g/mol. The van der Waals surface area contributed by atoms with E-state index in [2.05, 4.69) is 0 Å². The van der Waals surface area contributed by atoms with E-state index in [0.29, 0.717) is 5.56 Å². The Balaban J connectivity index is 2.90. The number of Topliss-reactive ketones (excluding diaryl/α,β-unsaturated/α-hetero) is 1. The maximum absolute atomic E-state index is 11.9. The molecule has 0 unspecified atom stereocenters. The first-order valence-corrected chi connectivity index (χ1v) is 4.91. The molecular weight excluding hydrogens is 190 g/mol. The van der Waals surface area contributed by atoms with Crippen LogP contribution in [0.1, 0.15) is 31.1 Å². The lowest BCUT2D eigenvalue weighted by atomic mass is 9.83. The molecule has 82 valence electrons. The Morgan fingerprint density at radius 2 is 1.73 bits per heavy atom. The van der Waals surface area contributed by atoms with Gasteiger partial charge in [-0.2, -0.15) is 0 Å². The zero-order valence-corrected chi connectivity index (χ0v) is 9.32. The first-order chi connectivity index (χ1) is 6.82. The molecule has 0 fully saturated rings. The van der Waals surface area contributed by atoms with Gasteiger partial charge < -0.3 is 10.8 Å². The SMILES string of the molecule is CC(C)(C)[C@H](N)C(=O)c1ccc(O)cc1. The smallest absolute Gasteiger partial charge is 0.180 e. The van der Waals surface area contributed by atoms with Crippen LogP contribution in [0.15, 0.2) is 24.3 Å². The normalized spacial score (nSPS) is 13.6. The van der Waals surface area contributed by atoms with Crippen molar-refractivity contribution in [1.82, 2.24) is 0 Å². The van der Waals surface area contributed by atoms with E-state index in [4.69, 9.17) is 10.8 Å². The van der Waals surface area contributed by atoms with Crippen LogP contribution in [-0.4, -0.2) is 16.9 Å². The van der Waals surface area contributed by atoms with Crippen LogP contribution in [0.5, 0.6) is 5.75 Å². The van der Waals surface area contributed by atoms with Gasteiger partial charge in [-0.25, -0.2) is 0 Å². The minimum atomic E-state index is -0.526. The Hall–Kier alpha value is -1.35. The second-order valence-electron chi connectivity index (χ2n) is 4.75. The number of nitrogens with two attached hydrogens (primary N) is 1. The van der Waals surface area contributed by atoms with Gasteiger partial charge in [0, 0.05) is 5.56 Å². The number of ketones is 1. The van der Waals surface area contributed by atoms with Crippen molar-refractivity contribution in [2.75, 3.05) is 0 Å². The first-order valence-electron chi connectivity index (χ1n) is 4.91. The third-order valence-electron chi connectivity index (χ3n) is 2.37. The van der Waals surface area contributed by atoms with Gasteiger partial charge in [0.2, 0.25) is 0 Å². The molecule has 15 heavy (non-hydrogen) atoms. The van der Waals surface area contributed by atoms with Crippen molar-refractivity contribution in [3.05, 3.63) is 29.8 Å². The molecule has 0 aromatic heterocycles. The van der Waals surface area contributed by atoms with E-state index in [1.807, 2.05) is 20.8 Å². The lowest BCUT2D eigenvalue weighted by molar-refractivity contribution is 0.0901. The highest BCUT2D eigenvalue weighted by Gasteiger charge is 2.27. The standard InChI is InChI=1S/C12H17NO2/c1-12(2,3)11(13)10(15)8-4-6-9(14)7-5-8/h4-7,11,14H,13H2,1-3H3/t11-/m1/s1. The van der Waals surface area contributed by atoms with Gasteiger partial charge in [-0.1, -0.05) is 20.8 Å². The minimum Gasteiger partial charge on any atom is -0.508 e. The van der Waals surface area contributed by atoms with Crippen LogP contribution in [0.2, 0.25) is 0 Å². The van der Waals surface area contributed by atoms with Crippen molar-refractivity contribution in [3.63, 3.8) is 0 Å². The molecule has 0 spiro atoms. The molecule has 0 aliphatic carbocycles. The van der Waals surface area contributed by atoms with Crippen molar-refractivity contribution < 1.29 is 9.90 Å². The van der Waals surface area contributed by atoms with E-state index in [0.717, 1.165) is 0 Å². The molecule has 0 amide bonds. The topological polar surface area (TPSA) is 63.3 Å². The highest BCUT2D eigenvalue weighted by atomic mass is 16.3. The molecule has 3 N–H and O–H groups in total. The summed E-state index contributed by atoms with van der Waals surface area (Å²) in [5.41, 5.74) is 6.13. The molecule has 1 rings (SSSR count). The first kappa shape index (κ1) is 11.7. The van der Waals surface area contributed by atoms with Crippen molar-refractivity contribution in [3.8, 4) is 5.75 Å². The zero-order chi connectivity index (χ0) is 11.6. The fourth-order valence-electron chi connectivity index (χ4n) is 1.20. The molecular formula is C12H17NO2. The molecule has 0 radical (unpaired) electrons. The average Bonchev–Trinajstić information content (AvgIpc) is 2.15. The Labute approximate surface area is 89.9 Å². The third kappa shape index (κ3) is 2.80. The van der Waals surface area contributed by atoms with Gasteiger partial charge in [-0.3, -0.25) is 4.79 Å². The number of hydrogen-bond donors (Lipinski definition) is 2. The summed E-state index contributed by atoms with van der Waals surface area (Å²) < 4.78 is 0. The largest absolute Gasteiger partial charge is 0.508 e. The number of carbonyl (C=O) groups is 1. The summed E-state index contributed by atoms with van der Waals surface area (Å²) >= 11 is 0. The molecule has 0 aliphatic rings. The van der Waals surface area contributed by atoms with Gasteiger partial charge in [0.25, 0.3) is 0 Å². The van der Waals surface area contributed by atoms with Gasteiger partial charge in [-0.15, -0.1) is 0 Å². The summed E-state index contributed by atoms with van der Waals surface area (Å²) in [6, 6.07) is 5.62. The van der Waals surface area contributed by atoms with Crippen LogP contribution in [-0.2, 0) is 0 Å². The Morgan fingerprint density at radius 1 is 1.27 bits per heavy atom. The zero-order valence-electron chi connectivity index (χ0n) is 9.32. The molecule has 0 saturated carbocycles. The minimum absolute atomic E-state index is 0.0949. The van der Waals surface area contributed by atoms with Gasteiger partial charge in [-0.05, 0) is 29.7 Å². The molecule has 3 heteroatoms. The third-order valence-corrected chi connectivity index (χ3v) is 2.37. The molecule has 0 saturated heterocycles. The predicted molar refractivity (Wildman–Crippen MR) is 59.9 cm³/mol. The maximum atomic E-state index is 11.9. The number of benzene rings is 1.